The fraction of sp³-hybridized carbons (Fsp3) is 0.0870. The van der Waals surface area contributed by atoms with Gasteiger partial charge in [-0.3, -0.25) is 9.78 Å². The van der Waals surface area contributed by atoms with Crippen LogP contribution in [0.2, 0.25) is 5.02 Å². The Morgan fingerprint density at radius 3 is 2.75 bits per heavy atom. The van der Waals surface area contributed by atoms with Gasteiger partial charge in [-0.2, -0.15) is 0 Å². The highest BCUT2D eigenvalue weighted by Gasteiger charge is 2.24. The molecule has 1 saturated heterocycles. The largest absolute Gasteiger partial charge is 0.493 e. The minimum atomic E-state index is -0.228. The second kappa shape index (κ2) is 10.2. The van der Waals surface area contributed by atoms with Crippen molar-refractivity contribution >= 4 is 62.1 Å². The number of methoxy groups -OCH3 is 1. The lowest BCUT2D eigenvalue weighted by atomic mass is 10.2. The Labute approximate surface area is 202 Å². The second-order valence-electron chi connectivity index (χ2n) is 6.61. The van der Waals surface area contributed by atoms with Gasteiger partial charge in [0.2, 0.25) is 0 Å². The number of benzene rings is 2. The van der Waals surface area contributed by atoms with Crippen LogP contribution in [0.1, 0.15) is 11.1 Å². The molecule has 32 heavy (non-hydrogen) atoms. The number of amidine groups is 1. The first-order valence-corrected chi connectivity index (χ1v) is 11.5. The second-order valence-corrected chi connectivity index (χ2v) is 8.90. The molecule has 3 aromatic rings. The molecule has 1 aliphatic rings. The van der Waals surface area contributed by atoms with Crippen molar-refractivity contribution in [2.45, 2.75) is 6.61 Å². The summed E-state index contributed by atoms with van der Waals surface area (Å²) in [6.07, 6.45) is 5.21. The van der Waals surface area contributed by atoms with Crippen LogP contribution in [0.3, 0.4) is 0 Å². The van der Waals surface area contributed by atoms with Crippen LogP contribution in [0.15, 0.2) is 75.3 Å². The number of ether oxygens (including phenoxy) is 2. The summed E-state index contributed by atoms with van der Waals surface area (Å²) < 4.78 is 12.2. The van der Waals surface area contributed by atoms with Crippen molar-refractivity contribution in [3.63, 3.8) is 0 Å². The summed E-state index contributed by atoms with van der Waals surface area (Å²) >= 11 is 11.0. The van der Waals surface area contributed by atoms with E-state index in [0.29, 0.717) is 43.4 Å². The van der Waals surface area contributed by atoms with Crippen LogP contribution < -0.4 is 14.8 Å². The Morgan fingerprint density at radius 2 is 2.00 bits per heavy atom. The Hall–Kier alpha value is -2.81. The summed E-state index contributed by atoms with van der Waals surface area (Å²) in [6.45, 7) is 0.373. The molecule has 1 N–H and O–H groups in total. The number of carbonyl (C=O) groups is 1. The molecule has 0 radical (unpaired) electrons. The smallest absolute Gasteiger partial charge is 0.264 e. The zero-order chi connectivity index (χ0) is 22.5. The van der Waals surface area contributed by atoms with Crippen LogP contribution >= 0.6 is 39.3 Å². The van der Waals surface area contributed by atoms with Gasteiger partial charge < -0.3 is 14.8 Å². The molecule has 1 aliphatic heterocycles. The molecule has 6 nitrogen and oxygen atoms in total. The molecule has 1 fully saturated rings. The average Bonchev–Trinajstić information content (AvgIpc) is 3.13. The highest BCUT2D eigenvalue weighted by Crippen LogP contribution is 2.39. The molecule has 0 saturated carbocycles. The predicted molar refractivity (Wildman–Crippen MR) is 132 cm³/mol. The number of nitrogens with zero attached hydrogens (tertiary/aromatic N) is 2. The minimum Gasteiger partial charge on any atom is -0.493 e. The molecule has 1 amide bonds. The number of carbonyl (C=O) groups excluding carboxylic acids is 1. The fourth-order valence-electron chi connectivity index (χ4n) is 2.88. The monoisotopic (exact) mass is 529 g/mol. The van der Waals surface area contributed by atoms with E-state index in [0.717, 1.165) is 11.1 Å². The van der Waals surface area contributed by atoms with E-state index < -0.39 is 0 Å². The van der Waals surface area contributed by atoms with E-state index in [1.54, 1.807) is 37.7 Å². The van der Waals surface area contributed by atoms with E-state index >= 15 is 0 Å². The van der Waals surface area contributed by atoms with Gasteiger partial charge in [0.25, 0.3) is 5.91 Å². The predicted octanol–water partition coefficient (Wildman–Crippen LogP) is 5.98. The summed E-state index contributed by atoms with van der Waals surface area (Å²) in [5.41, 5.74) is 2.37. The van der Waals surface area contributed by atoms with Crippen LogP contribution in [-0.2, 0) is 11.4 Å². The number of halogens is 2. The average molecular weight is 531 g/mol. The van der Waals surface area contributed by atoms with E-state index in [2.05, 4.69) is 31.2 Å². The van der Waals surface area contributed by atoms with Crippen LogP contribution in [0.4, 0.5) is 5.69 Å². The van der Waals surface area contributed by atoms with Crippen LogP contribution in [0, 0.1) is 0 Å². The van der Waals surface area contributed by atoms with Gasteiger partial charge >= 0.3 is 0 Å². The summed E-state index contributed by atoms with van der Waals surface area (Å²) in [6, 6.07) is 14.7. The maximum atomic E-state index is 12.4. The first kappa shape index (κ1) is 22.4. The van der Waals surface area contributed by atoms with Gasteiger partial charge in [0, 0.05) is 12.4 Å². The Kier molecular flexibility index (Phi) is 7.14. The molecular weight excluding hydrogens is 514 g/mol. The van der Waals surface area contributed by atoms with E-state index in [1.165, 1.54) is 11.8 Å². The van der Waals surface area contributed by atoms with Gasteiger partial charge in [-0.15, -0.1) is 0 Å². The molecular formula is C23H17BrClN3O3S. The number of pyridine rings is 1. The first-order valence-electron chi connectivity index (χ1n) is 9.47. The van der Waals surface area contributed by atoms with Crippen molar-refractivity contribution in [1.29, 1.82) is 0 Å². The minimum absolute atomic E-state index is 0.228. The SMILES string of the molecule is COc1cc(/C=C2/SC(=Nc3ccccc3Cl)NC2=O)cc(Br)c1OCc1ccncc1. The van der Waals surface area contributed by atoms with Crippen LogP contribution in [-0.4, -0.2) is 23.2 Å². The zero-order valence-corrected chi connectivity index (χ0v) is 20.0. The topological polar surface area (TPSA) is 72.8 Å². The highest BCUT2D eigenvalue weighted by molar-refractivity contribution is 9.10. The van der Waals surface area contributed by atoms with E-state index in [9.17, 15) is 4.79 Å². The molecule has 0 aliphatic carbocycles. The molecule has 4 rings (SSSR count). The molecule has 9 heteroatoms. The molecule has 2 aromatic carbocycles. The molecule has 162 valence electrons. The lowest BCUT2D eigenvalue weighted by molar-refractivity contribution is -0.115. The third-order valence-electron chi connectivity index (χ3n) is 4.41. The van der Waals surface area contributed by atoms with Crippen LogP contribution in [0.25, 0.3) is 6.08 Å². The van der Waals surface area contributed by atoms with E-state index in [-0.39, 0.29) is 5.91 Å². The number of aliphatic imine (C=N–C) groups is 1. The number of hydrogen-bond acceptors (Lipinski definition) is 6. The first-order chi connectivity index (χ1) is 15.5. The van der Waals surface area contributed by atoms with Crippen molar-refractivity contribution < 1.29 is 14.3 Å². The Bertz CT molecular complexity index is 1220. The third kappa shape index (κ3) is 5.32. The van der Waals surface area contributed by atoms with E-state index in [4.69, 9.17) is 21.1 Å². The molecule has 0 spiro atoms. The number of aromatic nitrogens is 1. The number of amides is 1. The summed E-state index contributed by atoms with van der Waals surface area (Å²) in [4.78, 5) is 21.4. The van der Waals surface area contributed by atoms with Gasteiger partial charge in [0.15, 0.2) is 16.7 Å². The van der Waals surface area contributed by atoms with Gasteiger partial charge in [0.05, 0.1) is 27.2 Å². The van der Waals surface area contributed by atoms with Crippen LogP contribution in [0.5, 0.6) is 11.5 Å². The van der Waals surface area contributed by atoms with Gasteiger partial charge in [-0.1, -0.05) is 23.7 Å². The summed E-state index contributed by atoms with van der Waals surface area (Å²) in [5.74, 6) is 0.901. The van der Waals surface area contributed by atoms with E-state index in [1.807, 2.05) is 36.4 Å². The van der Waals surface area contributed by atoms with Crippen molar-refractivity contribution in [3.8, 4) is 11.5 Å². The number of rotatable bonds is 6. The summed E-state index contributed by atoms with van der Waals surface area (Å²) in [5, 5.41) is 3.75. The van der Waals surface area contributed by atoms with Crippen molar-refractivity contribution in [2.75, 3.05) is 7.11 Å². The lowest BCUT2D eigenvalue weighted by Gasteiger charge is -2.13. The highest BCUT2D eigenvalue weighted by atomic mass is 79.9. The summed E-state index contributed by atoms with van der Waals surface area (Å²) in [7, 11) is 1.57. The third-order valence-corrected chi connectivity index (χ3v) is 6.23. The number of nitrogens with one attached hydrogen (secondary N) is 1. The standard InChI is InChI=1S/C23H17BrClN3O3S/c1-30-19-11-15(10-16(24)21(19)31-13-14-6-8-26-9-7-14)12-20-22(29)28-23(32-20)27-18-5-3-2-4-17(18)25/h2-12H,13H2,1H3,(H,27,28,29)/b20-12+. The van der Waals surface area contributed by atoms with Crippen molar-refractivity contribution in [2.24, 2.45) is 4.99 Å². The quantitative estimate of drug-likeness (QED) is 0.397. The van der Waals surface area contributed by atoms with Gasteiger partial charge in [-0.05, 0) is 81.3 Å². The lowest BCUT2D eigenvalue weighted by Crippen LogP contribution is -2.19. The molecule has 1 aromatic heterocycles. The molecule has 0 unspecified atom stereocenters. The molecule has 2 heterocycles. The maximum Gasteiger partial charge on any atom is 0.264 e. The zero-order valence-electron chi connectivity index (χ0n) is 16.8. The molecule has 0 atom stereocenters. The Balaban J connectivity index is 1.55. The van der Waals surface area contributed by atoms with Gasteiger partial charge in [0.1, 0.15) is 6.61 Å². The maximum absolute atomic E-state index is 12.4. The molecule has 0 bridgehead atoms. The normalized spacial score (nSPS) is 15.8. The number of hydrogen-bond donors (Lipinski definition) is 1. The van der Waals surface area contributed by atoms with Gasteiger partial charge in [-0.25, -0.2) is 4.99 Å². The van der Waals surface area contributed by atoms with Crippen molar-refractivity contribution in [3.05, 3.63) is 86.5 Å². The van der Waals surface area contributed by atoms with Crippen molar-refractivity contribution in [1.82, 2.24) is 10.3 Å². The number of para-hydroxylation sites is 1. The Morgan fingerprint density at radius 1 is 1.22 bits per heavy atom. The fourth-order valence-corrected chi connectivity index (χ4v) is 4.47. The number of thioether (sulfide) groups is 1.